The minimum Gasteiger partial charge on any atom is -0.445 e. The molecule has 0 bridgehead atoms. The van der Waals surface area contributed by atoms with Crippen molar-refractivity contribution in [2.75, 3.05) is 20.1 Å². The number of thiol groups is 1. The van der Waals surface area contributed by atoms with Gasteiger partial charge in [-0.05, 0) is 17.7 Å². The number of nitrogens with zero attached hydrogens (tertiary/aromatic N) is 2. The monoisotopic (exact) mass is 309 g/mol. The Kier molecular flexibility index (Phi) is 6.91. The number of ether oxygens (including phenoxy) is 2. The van der Waals surface area contributed by atoms with Crippen LogP contribution in [0.25, 0.3) is 0 Å². The molecule has 1 N–H and O–H groups in total. The summed E-state index contributed by atoms with van der Waals surface area (Å²) in [5.74, 6) is 0.421. The van der Waals surface area contributed by atoms with Gasteiger partial charge in [0.2, 0.25) is 0 Å². The normalized spacial score (nSPS) is 9.38. The summed E-state index contributed by atoms with van der Waals surface area (Å²) in [5.41, 5.74) is 0.762. The first-order chi connectivity index (χ1) is 10.0. The number of likely N-dealkylation sites (N-methyl/N-ethyl adjacent to an activating group) is 1. The molecule has 0 aliphatic rings. The van der Waals surface area contributed by atoms with Gasteiger partial charge in [0.05, 0.1) is 0 Å². The maximum absolute atomic E-state index is 11.4. The number of nitrogens with one attached hydrogen (secondary N) is 1. The van der Waals surface area contributed by atoms with E-state index in [1.807, 2.05) is 0 Å². The molecule has 0 unspecified atom stereocenters. The van der Waals surface area contributed by atoms with Crippen LogP contribution in [0, 0.1) is 11.5 Å². The molecule has 112 valence electrons. The molecule has 0 atom stereocenters. The summed E-state index contributed by atoms with van der Waals surface area (Å²) in [6, 6.07) is 6.58. The van der Waals surface area contributed by atoms with Crippen LogP contribution in [-0.2, 0) is 11.3 Å². The van der Waals surface area contributed by atoms with Crippen LogP contribution >= 0.6 is 12.6 Å². The fourth-order valence-corrected chi connectivity index (χ4v) is 1.43. The van der Waals surface area contributed by atoms with Crippen LogP contribution in [0.1, 0.15) is 5.56 Å². The second-order valence-electron chi connectivity index (χ2n) is 4.04. The lowest BCUT2D eigenvalue weighted by atomic mass is 10.2. The zero-order chi connectivity index (χ0) is 15.7. The molecule has 0 heterocycles. The highest BCUT2D eigenvalue weighted by Gasteiger charge is 2.05. The number of rotatable bonds is 6. The molecule has 0 aliphatic heterocycles. The Hall–Kier alpha value is -2.40. The van der Waals surface area contributed by atoms with Crippen molar-refractivity contribution >= 4 is 24.0 Å². The fraction of sp³-hybridized carbons (Fsp3) is 0.308. The first kappa shape index (κ1) is 16.7. The molecule has 7 nitrogen and oxygen atoms in total. The minimum atomic E-state index is -0.577. The van der Waals surface area contributed by atoms with Gasteiger partial charge in [-0.3, -0.25) is 4.79 Å². The Bertz CT molecular complexity index is 527. The summed E-state index contributed by atoms with van der Waals surface area (Å²) in [4.78, 5) is 23.6. The number of hydrogen-bond acceptors (Lipinski definition) is 5. The number of nitriles is 1. The van der Waals surface area contributed by atoms with Gasteiger partial charge in [-0.1, -0.05) is 24.8 Å². The summed E-state index contributed by atoms with van der Waals surface area (Å²) in [6.45, 7) is 0.716. The molecule has 1 aromatic rings. The van der Waals surface area contributed by atoms with Crippen LogP contribution < -0.4 is 10.1 Å². The van der Waals surface area contributed by atoms with Crippen molar-refractivity contribution in [1.29, 1.82) is 5.26 Å². The molecular formula is C13H15N3O4S. The molecular weight excluding hydrogens is 294 g/mol. The van der Waals surface area contributed by atoms with Crippen molar-refractivity contribution < 1.29 is 19.1 Å². The topological polar surface area (TPSA) is 91.7 Å². The van der Waals surface area contributed by atoms with Crippen molar-refractivity contribution in [3.63, 3.8) is 0 Å². The zero-order valence-electron chi connectivity index (χ0n) is 11.4. The minimum absolute atomic E-state index is 0.0972. The van der Waals surface area contributed by atoms with E-state index in [9.17, 15) is 9.59 Å². The van der Waals surface area contributed by atoms with Crippen molar-refractivity contribution in [3.05, 3.63) is 29.8 Å². The van der Waals surface area contributed by atoms with E-state index in [0.29, 0.717) is 12.3 Å². The average molecular weight is 309 g/mol. The molecule has 2 amide bonds. The molecule has 8 heteroatoms. The molecule has 0 radical (unpaired) electrons. The number of hydrogen-bond donors (Lipinski definition) is 2. The highest BCUT2D eigenvalue weighted by molar-refractivity contribution is 7.96. The van der Waals surface area contributed by atoms with Crippen LogP contribution in [0.5, 0.6) is 5.75 Å². The van der Waals surface area contributed by atoms with E-state index in [1.54, 1.807) is 37.6 Å². The molecule has 0 spiro atoms. The number of benzene rings is 1. The zero-order valence-corrected chi connectivity index (χ0v) is 12.3. The van der Waals surface area contributed by atoms with Crippen LogP contribution in [0.15, 0.2) is 24.3 Å². The molecule has 21 heavy (non-hydrogen) atoms. The fourth-order valence-electron chi connectivity index (χ4n) is 1.33. The summed E-state index contributed by atoms with van der Waals surface area (Å²) in [5, 5.41) is 10.5. The third-order valence-electron chi connectivity index (χ3n) is 2.50. The molecule has 0 fully saturated rings. The van der Waals surface area contributed by atoms with E-state index in [4.69, 9.17) is 10.00 Å². The lowest BCUT2D eigenvalue weighted by molar-refractivity contribution is 0.139. The van der Waals surface area contributed by atoms with E-state index < -0.39 is 6.09 Å². The summed E-state index contributed by atoms with van der Waals surface area (Å²) >= 11 is 3.64. The molecule has 0 aromatic heterocycles. The van der Waals surface area contributed by atoms with Crippen molar-refractivity contribution in [2.24, 2.45) is 0 Å². The lowest BCUT2D eigenvalue weighted by Crippen LogP contribution is -2.34. The van der Waals surface area contributed by atoms with Gasteiger partial charge in [0.15, 0.2) is 0 Å². The van der Waals surface area contributed by atoms with E-state index >= 15 is 0 Å². The maximum Gasteiger partial charge on any atom is 0.407 e. The summed E-state index contributed by atoms with van der Waals surface area (Å²) in [7, 11) is 1.58. The van der Waals surface area contributed by atoms with Crippen molar-refractivity contribution in [3.8, 4) is 12.0 Å². The van der Waals surface area contributed by atoms with Crippen LogP contribution in [0.4, 0.5) is 9.59 Å². The molecule has 0 aliphatic carbocycles. The van der Waals surface area contributed by atoms with Crippen molar-refractivity contribution in [1.82, 2.24) is 10.2 Å². The second kappa shape index (κ2) is 8.71. The van der Waals surface area contributed by atoms with Crippen LogP contribution in [0.2, 0.25) is 0 Å². The van der Waals surface area contributed by atoms with Gasteiger partial charge in [0.25, 0.3) is 11.5 Å². The standard InChI is InChI=1S/C13H15N3O4S/c1-16(13(18)21)7-6-15-12(17)19-8-10-2-4-11(5-3-10)20-9-14/h2-5H,6-8H2,1H3,(H,15,17)(H,18,21). The summed E-state index contributed by atoms with van der Waals surface area (Å²) < 4.78 is 9.62. The number of carbonyl (C=O) groups is 2. The highest BCUT2D eigenvalue weighted by Crippen LogP contribution is 2.12. The Balaban J connectivity index is 2.26. The van der Waals surface area contributed by atoms with E-state index in [0.717, 1.165) is 5.56 Å². The SMILES string of the molecule is CN(CCNC(=O)OCc1ccc(OC#N)cc1)C(=O)S. The number of amides is 2. The Morgan fingerprint density at radius 2 is 2.05 bits per heavy atom. The largest absolute Gasteiger partial charge is 0.445 e. The lowest BCUT2D eigenvalue weighted by Gasteiger charge is -2.14. The second-order valence-corrected chi connectivity index (χ2v) is 4.43. The molecule has 1 rings (SSSR count). The number of carbonyl (C=O) groups excluding carboxylic acids is 2. The molecule has 1 aromatic carbocycles. The quantitative estimate of drug-likeness (QED) is 0.617. The first-order valence-electron chi connectivity index (χ1n) is 6.02. The Morgan fingerprint density at radius 3 is 2.62 bits per heavy atom. The molecule has 0 saturated heterocycles. The van der Waals surface area contributed by atoms with Crippen LogP contribution in [-0.4, -0.2) is 36.4 Å². The van der Waals surface area contributed by atoms with Gasteiger partial charge in [-0.2, -0.15) is 0 Å². The maximum atomic E-state index is 11.4. The Morgan fingerprint density at radius 1 is 1.38 bits per heavy atom. The third-order valence-corrected chi connectivity index (χ3v) is 2.84. The van der Waals surface area contributed by atoms with Gasteiger partial charge in [-0.15, -0.1) is 5.26 Å². The van der Waals surface area contributed by atoms with Crippen molar-refractivity contribution in [2.45, 2.75) is 6.61 Å². The predicted molar refractivity (Wildman–Crippen MR) is 77.9 cm³/mol. The highest BCUT2D eigenvalue weighted by atomic mass is 32.1. The van der Waals surface area contributed by atoms with Gasteiger partial charge < -0.3 is 19.7 Å². The van der Waals surface area contributed by atoms with Gasteiger partial charge in [0.1, 0.15) is 12.4 Å². The first-order valence-corrected chi connectivity index (χ1v) is 6.47. The summed E-state index contributed by atoms with van der Waals surface area (Å²) in [6.07, 6.45) is 0.989. The van der Waals surface area contributed by atoms with Gasteiger partial charge >= 0.3 is 6.09 Å². The predicted octanol–water partition coefficient (Wildman–Crippen LogP) is 1.75. The number of alkyl carbamates (subject to hydrolysis) is 1. The van der Waals surface area contributed by atoms with Gasteiger partial charge in [0, 0.05) is 20.1 Å². The molecule has 0 saturated carbocycles. The van der Waals surface area contributed by atoms with E-state index in [-0.39, 0.29) is 18.4 Å². The van der Waals surface area contributed by atoms with Gasteiger partial charge in [-0.25, -0.2) is 4.79 Å². The van der Waals surface area contributed by atoms with E-state index in [1.165, 1.54) is 4.90 Å². The van der Waals surface area contributed by atoms with Crippen LogP contribution in [0.3, 0.4) is 0 Å². The Labute approximate surface area is 127 Å². The smallest absolute Gasteiger partial charge is 0.407 e. The third kappa shape index (κ3) is 6.54. The van der Waals surface area contributed by atoms with E-state index in [2.05, 4.69) is 22.7 Å². The average Bonchev–Trinajstić information content (AvgIpc) is 2.46.